The van der Waals surface area contributed by atoms with E-state index < -0.39 is 23.5 Å². The summed E-state index contributed by atoms with van der Waals surface area (Å²) in [5.74, 6) is -3.67. The van der Waals surface area contributed by atoms with Crippen LogP contribution in [0, 0.1) is 18.6 Å². The first-order valence-electron chi connectivity index (χ1n) is 8.69. The highest BCUT2D eigenvalue weighted by Crippen LogP contribution is 2.40. The first-order valence-corrected chi connectivity index (χ1v) is 8.69. The van der Waals surface area contributed by atoms with E-state index in [1.165, 1.54) is 18.2 Å². The smallest absolute Gasteiger partial charge is 0.310 e. The molecule has 0 fully saturated rings. The predicted molar refractivity (Wildman–Crippen MR) is 99.7 cm³/mol. The molecule has 0 amide bonds. The van der Waals surface area contributed by atoms with E-state index in [2.05, 4.69) is 0 Å². The molecule has 0 aliphatic carbocycles. The molecule has 142 valence electrons. The molecular weight excluding hydrogens is 352 g/mol. The fourth-order valence-electron chi connectivity index (χ4n) is 3.53. The van der Waals surface area contributed by atoms with Crippen LogP contribution in [0.4, 0.5) is 8.78 Å². The zero-order valence-corrected chi connectivity index (χ0v) is 15.5. The van der Waals surface area contributed by atoms with Crippen LogP contribution in [-0.4, -0.2) is 20.7 Å². The number of rotatable bonds is 4. The lowest BCUT2D eigenvalue weighted by atomic mass is 9.93. The number of carbonyl (C=O) groups is 1. The molecule has 1 unspecified atom stereocenters. The van der Waals surface area contributed by atoms with Crippen LogP contribution in [0.5, 0.6) is 5.75 Å². The molecule has 6 heteroatoms. The maximum atomic E-state index is 14.1. The predicted octanol–water partition coefficient (Wildman–Crippen LogP) is 5.23. The average molecular weight is 373 g/mol. The SMILES string of the molecule is Cc1cc(-n2c(C(C)C)c(C(C)C(=O)O)c3cc(O)c(F)cc32)ccc1F. The van der Waals surface area contributed by atoms with Gasteiger partial charge in [0.15, 0.2) is 11.6 Å². The van der Waals surface area contributed by atoms with Gasteiger partial charge in [-0.05, 0) is 55.2 Å². The van der Waals surface area contributed by atoms with Gasteiger partial charge in [0.2, 0.25) is 0 Å². The topological polar surface area (TPSA) is 62.5 Å². The highest BCUT2D eigenvalue weighted by Gasteiger charge is 2.28. The summed E-state index contributed by atoms with van der Waals surface area (Å²) in [6.07, 6.45) is 0. The van der Waals surface area contributed by atoms with Crippen molar-refractivity contribution >= 4 is 16.9 Å². The number of aliphatic carboxylic acids is 1. The molecule has 1 heterocycles. The number of fused-ring (bicyclic) bond motifs is 1. The van der Waals surface area contributed by atoms with Crippen molar-refractivity contribution in [2.75, 3.05) is 0 Å². The van der Waals surface area contributed by atoms with E-state index in [0.717, 1.165) is 0 Å². The summed E-state index contributed by atoms with van der Waals surface area (Å²) in [7, 11) is 0. The maximum Gasteiger partial charge on any atom is 0.310 e. The fourth-order valence-corrected chi connectivity index (χ4v) is 3.53. The Labute approximate surface area is 155 Å². The Balaban J connectivity index is 2.51. The van der Waals surface area contributed by atoms with E-state index in [0.29, 0.717) is 33.4 Å². The summed E-state index contributed by atoms with van der Waals surface area (Å²) in [5.41, 5.74) is 2.68. The van der Waals surface area contributed by atoms with Crippen molar-refractivity contribution in [2.24, 2.45) is 0 Å². The van der Waals surface area contributed by atoms with E-state index in [1.807, 2.05) is 13.8 Å². The van der Waals surface area contributed by atoms with Gasteiger partial charge in [0, 0.05) is 22.8 Å². The first kappa shape index (κ1) is 18.9. The molecule has 3 aromatic rings. The number of halogens is 2. The summed E-state index contributed by atoms with van der Waals surface area (Å²) >= 11 is 0. The Morgan fingerprint density at radius 1 is 1.07 bits per heavy atom. The van der Waals surface area contributed by atoms with Gasteiger partial charge in [-0.2, -0.15) is 0 Å². The zero-order chi connectivity index (χ0) is 20.0. The van der Waals surface area contributed by atoms with Crippen LogP contribution >= 0.6 is 0 Å². The van der Waals surface area contributed by atoms with Crippen molar-refractivity contribution in [3.8, 4) is 11.4 Å². The van der Waals surface area contributed by atoms with Gasteiger partial charge in [0.25, 0.3) is 0 Å². The van der Waals surface area contributed by atoms with Gasteiger partial charge in [-0.3, -0.25) is 4.79 Å². The van der Waals surface area contributed by atoms with E-state index in [9.17, 15) is 23.8 Å². The first-order chi connectivity index (χ1) is 12.6. The summed E-state index contributed by atoms with van der Waals surface area (Å²) in [6, 6.07) is 7.00. The lowest BCUT2D eigenvalue weighted by Crippen LogP contribution is -2.12. The number of benzene rings is 2. The number of hydrogen-bond acceptors (Lipinski definition) is 2. The van der Waals surface area contributed by atoms with E-state index in [-0.39, 0.29) is 11.7 Å². The monoisotopic (exact) mass is 373 g/mol. The normalized spacial score (nSPS) is 12.7. The molecule has 0 saturated carbocycles. The molecule has 0 spiro atoms. The van der Waals surface area contributed by atoms with Crippen molar-refractivity contribution in [1.29, 1.82) is 0 Å². The van der Waals surface area contributed by atoms with Crippen LogP contribution < -0.4 is 0 Å². The van der Waals surface area contributed by atoms with Gasteiger partial charge in [0.1, 0.15) is 5.82 Å². The standard InChI is InChI=1S/C21H21F2NO3/c1-10(2)20-19(12(4)21(26)27)14-8-18(25)16(23)9-17(14)24(20)13-5-6-15(22)11(3)7-13/h5-10,12,25H,1-4H3,(H,26,27). The van der Waals surface area contributed by atoms with Gasteiger partial charge < -0.3 is 14.8 Å². The molecular formula is C21H21F2NO3. The van der Waals surface area contributed by atoms with Gasteiger partial charge in [0.05, 0.1) is 11.4 Å². The van der Waals surface area contributed by atoms with Gasteiger partial charge in [-0.25, -0.2) is 8.78 Å². The minimum absolute atomic E-state index is 0.0928. The largest absolute Gasteiger partial charge is 0.505 e. The second-order valence-corrected chi connectivity index (χ2v) is 7.10. The molecule has 1 aromatic heterocycles. The van der Waals surface area contributed by atoms with Crippen molar-refractivity contribution in [3.63, 3.8) is 0 Å². The van der Waals surface area contributed by atoms with Crippen LogP contribution in [0.1, 0.15) is 49.4 Å². The van der Waals surface area contributed by atoms with Crippen LogP contribution in [0.25, 0.3) is 16.6 Å². The Kier molecular flexibility index (Phi) is 4.68. The summed E-state index contributed by atoms with van der Waals surface area (Å²) in [6.45, 7) is 7.02. The number of nitrogens with zero attached hydrogens (tertiary/aromatic N) is 1. The van der Waals surface area contributed by atoms with Crippen LogP contribution in [0.3, 0.4) is 0 Å². The van der Waals surface area contributed by atoms with Gasteiger partial charge >= 0.3 is 5.97 Å². The second-order valence-electron chi connectivity index (χ2n) is 7.10. The number of carboxylic acid groups (broad SMARTS) is 1. The minimum Gasteiger partial charge on any atom is -0.505 e. The van der Waals surface area contributed by atoms with E-state index >= 15 is 0 Å². The molecule has 0 aliphatic heterocycles. The molecule has 2 aromatic carbocycles. The fraction of sp³-hybridized carbons (Fsp3) is 0.286. The van der Waals surface area contributed by atoms with Crippen LogP contribution in [0.15, 0.2) is 30.3 Å². The van der Waals surface area contributed by atoms with Crippen molar-refractivity contribution < 1.29 is 23.8 Å². The van der Waals surface area contributed by atoms with Crippen LogP contribution in [-0.2, 0) is 4.79 Å². The molecule has 1 atom stereocenters. The third-order valence-corrected chi connectivity index (χ3v) is 4.86. The Morgan fingerprint density at radius 2 is 1.74 bits per heavy atom. The number of phenols is 1. The Morgan fingerprint density at radius 3 is 2.30 bits per heavy atom. The molecule has 0 aliphatic rings. The molecule has 27 heavy (non-hydrogen) atoms. The quantitative estimate of drug-likeness (QED) is 0.658. The third kappa shape index (κ3) is 3.05. The number of phenolic OH excluding ortho intramolecular Hbond substituents is 1. The average Bonchev–Trinajstić information content (AvgIpc) is 2.91. The third-order valence-electron chi connectivity index (χ3n) is 4.86. The molecule has 0 saturated heterocycles. The number of aryl methyl sites for hydroxylation is 1. The number of hydrogen-bond donors (Lipinski definition) is 2. The Bertz CT molecular complexity index is 1050. The number of carboxylic acids is 1. The van der Waals surface area contributed by atoms with Gasteiger partial charge in [-0.15, -0.1) is 0 Å². The second kappa shape index (κ2) is 6.68. The van der Waals surface area contributed by atoms with Gasteiger partial charge in [-0.1, -0.05) is 13.8 Å². The summed E-state index contributed by atoms with van der Waals surface area (Å²) in [5, 5.41) is 19.9. The van der Waals surface area contributed by atoms with E-state index in [1.54, 1.807) is 30.5 Å². The molecule has 0 bridgehead atoms. The van der Waals surface area contributed by atoms with Crippen molar-refractivity contribution in [2.45, 2.75) is 39.5 Å². The summed E-state index contributed by atoms with van der Waals surface area (Å²) < 4.78 is 29.7. The lowest BCUT2D eigenvalue weighted by molar-refractivity contribution is -0.138. The molecule has 2 N–H and O–H groups in total. The molecule has 4 nitrogen and oxygen atoms in total. The molecule has 0 radical (unpaired) electrons. The highest BCUT2D eigenvalue weighted by atomic mass is 19.1. The van der Waals surface area contributed by atoms with Crippen LogP contribution in [0.2, 0.25) is 0 Å². The molecule has 3 rings (SSSR count). The van der Waals surface area contributed by atoms with Crippen molar-refractivity contribution in [1.82, 2.24) is 4.57 Å². The minimum atomic E-state index is -1.02. The highest BCUT2D eigenvalue weighted by molar-refractivity contribution is 5.93. The van der Waals surface area contributed by atoms with Crippen molar-refractivity contribution in [3.05, 3.63) is 58.8 Å². The maximum absolute atomic E-state index is 14.1. The zero-order valence-electron chi connectivity index (χ0n) is 15.5. The Hall–Kier alpha value is -2.89. The van der Waals surface area contributed by atoms with E-state index in [4.69, 9.17) is 0 Å². The number of aromatic nitrogens is 1. The summed E-state index contributed by atoms with van der Waals surface area (Å²) in [4.78, 5) is 11.7. The lowest BCUT2D eigenvalue weighted by Gasteiger charge is -2.17. The number of aromatic hydroxyl groups is 1.